The minimum absolute atomic E-state index is 0.0525. The fourth-order valence-electron chi connectivity index (χ4n) is 2.45. The smallest absolute Gasteiger partial charge is 0.308 e. The van der Waals surface area contributed by atoms with Gasteiger partial charge in [0.15, 0.2) is 5.03 Å². The summed E-state index contributed by atoms with van der Waals surface area (Å²) in [5.41, 5.74) is 1.23. The number of carbonyl (C=O) groups is 1. The Morgan fingerprint density at radius 3 is 2.76 bits per heavy atom. The molecular weight excluding hydrogens is 294 g/mol. The first-order valence-electron chi connectivity index (χ1n) is 6.33. The van der Waals surface area contributed by atoms with Crippen LogP contribution in [0.3, 0.4) is 0 Å². The lowest BCUT2D eigenvalue weighted by molar-refractivity contribution is -0.141. The van der Waals surface area contributed by atoms with Crippen LogP contribution >= 0.6 is 0 Å². The number of aliphatic carboxylic acids is 1. The summed E-state index contributed by atoms with van der Waals surface area (Å²) in [6.07, 6.45) is 1.66. The fraction of sp³-hybridized carbons (Fsp3) is 0.231. The van der Waals surface area contributed by atoms with E-state index in [9.17, 15) is 18.3 Å². The van der Waals surface area contributed by atoms with Crippen LogP contribution in [-0.2, 0) is 21.2 Å². The maximum Gasteiger partial charge on any atom is 0.308 e. The molecule has 1 aromatic heterocycles. The SMILES string of the molecule is O=C(O)C1Cc2ccccc2N(S(=O)(=O)c2ccn[nH]2)C1. The van der Waals surface area contributed by atoms with Crippen LogP contribution in [0.15, 0.2) is 41.6 Å². The molecule has 0 aliphatic carbocycles. The van der Waals surface area contributed by atoms with Crippen molar-refractivity contribution in [2.75, 3.05) is 10.8 Å². The number of aromatic amines is 1. The number of nitrogens with zero attached hydrogens (tertiary/aromatic N) is 2. The Kier molecular flexibility index (Phi) is 3.17. The molecule has 110 valence electrons. The quantitative estimate of drug-likeness (QED) is 0.875. The van der Waals surface area contributed by atoms with Gasteiger partial charge in [0.2, 0.25) is 0 Å². The van der Waals surface area contributed by atoms with Gasteiger partial charge >= 0.3 is 5.97 Å². The summed E-state index contributed by atoms with van der Waals surface area (Å²) in [6.45, 7) is -0.0896. The van der Waals surface area contributed by atoms with Crippen LogP contribution in [0.5, 0.6) is 0 Å². The third kappa shape index (κ3) is 2.27. The van der Waals surface area contributed by atoms with Gasteiger partial charge < -0.3 is 5.11 Å². The van der Waals surface area contributed by atoms with E-state index in [4.69, 9.17) is 0 Å². The summed E-state index contributed by atoms with van der Waals surface area (Å²) in [5.74, 6) is -1.77. The third-order valence-corrected chi connectivity index (χ3v) is 5.21. The van der Waals surface area contributed by atoms with Gasteiger partial charge in [0.1, 0.15) is 0 Å². The van der Waals surface area contributed by atoms with Crippen LogP contribution in [0.25, 0.3) is 0 Å². The number of sulfonamides is 1. The van der Waals surface area contributed by atoms with Gasteiger partial charge in [0.05, 0.1) is 17.8 Å². The minimum Gasteiger partial charge on any atom is -0.481 e. The Balaban J connectivity index is 2.11. The number of hydrogen-bond donors (Lipinski definition) is 2. The molecule has 1 unspecified atom stereocenters. The lowest BCUT2D eigenvalue weighted by Gasteiger charge is -2.33. The highest BCUT2D eigenvalue weighted by Crippen LogP contribution is 2.33. The third-order valence-electron chi connectivity index (χ3n) is 3.51. The van der Waals surface area contributed by atoms with Crippen molar-refractivity contribution in [1.29, 1.82) is 0 Å². The van der Waals surface area contributed by atoms with Gasteiger partial charge in [0.25, 0.3) is 10.0 Å². The number of rotatable bonds is 3. The van der Waals surface area contributed by atoms with E-state index < -0.39 is 21.9 Å². The standard InChI is InChI=1S/C13H13N3O4S/c17-13(18)10-7-9-3-1-2-4-11(9)16(8-10)21(19,20)12-5-6-14-15-12/h1-6,10H,7-8H2,(H,14,15)(H,17,18). The van der Waals surface area contributed by atoms with E-state index in [1.807, 2.05) is 0 Å². The molecule has 0 saturated heterocycles. The molecule has 0 radical (unpaired) electrons. The second-order valence-electron chi connectivity index (χ2n) is 4.83. The van der Waals surface area contributed by atoms with Crippen molar-refractivity contribution in [2.24, 2.45) is 5.92 Å². The van der Waals surface area contributed by atoms with Gasteiger partial charge in [0, 0.05) is 6.54 Å². The first-order valence-corrected chi connectivity index (χ1v) is 7.77. The van der Waals surface area contributed by atoms with Gasteiger partial charge in [-0.05, 0) is 24.1 Å². The second-order valence-corrected chi connectivity index (χ2v) is 6.66. The zero-order chi connectivity index (χ0) is 15.0. The number of anilines is 1. The highest BCUT2D eigenvalue weighted by atomic mass is 32.2. The highest BCUT2D eigenvalue weighted by molar-refractivity contribution is 7.92. The summed E-state index contributed by atoms with van der Waals surface area (Å²) in [5, 5.41) is 15.3. The molecule has 2 N–H and O–H groups in total. The lowest BCUT2D eigenvalue weighted by Crippen LogP contribution is -2.42. The maximum absolute atomic E-state index is 12.6. The largest absolute Gasteiger partial charge is 0.481 e. The first kappa shape index (κ1) is 13.6. The van der Waals surface area contributed by atoms with Crippen molar-refractivity contribution in [3.05, 3.63) is 42.1 Å². The molecule has 0 spiro atoms. The van der Waals surface area contributed by atoms with Crippen molar-refractivity contribution in [3.63, 3.8) is 0 Å². The molecule has 1 aliphatic rings. The molecule has 0 amide bonds. The van der Waals surface area contributed by atoms with E-state index in [-0.39, 0.29) is 11.6 Å². The number of benzene rings is 1. The Bertz CT molecular complexity index is 770. The summed E-state index contributed by atoms with van der Waals surface area (Å²) < 4.78 is 26.4. The van der Waals surface area contributed by atoms with Crippen molar-refractivity contribution >= 4 is 21.7 Å². The lowest BCUT2D eigenvalue weighted by atomic mass is 9.94. The van der Waals surface area contributed by atoms with Crippen molar-refractivity contribution < 1.29 is 18.3 Å². The Hall–Kier alpha value is -2.35. The topological polar surface area (TPSA) is 103 Å². The molecule has 1 aromatic carbocycles. The number of aromatic nitrogens is 2. The number of hydrogen-bond acceptors (Lipinski definition) is 4. The molecule has 2 heterocycles. The number of para-hydroxylation sites is 1. The van der Waals surface area contributed by atoms with E-state index in [1.54, 1.807) is 24.3 Å². The van der Waals surface area contributed by atoms with Gasteiger partial charge in [-0.25, -0.2) is 0 Å². The van der Waals surface area contributed by atoms with Crippen LogP contribution in [0.4, 0.5) is 5.69 Å². The normalized spacial score (nSPS) is 18.3. The van der Waals surface area contributed by atoms with Crippen LogP contribution < -0.4 is 4.31 Å². The van der Waals surface area contributed by atoms with E-state index in [0.717, 1.165) is 4.31 Å². The monoisotopic (exact) mass is 307 g/mol. The number of fused-ring (bicyclic) bond motifs is 1. The molecule has 7 nitrogen and oxygen atoms in total. The van der Waals surface area contributed by atoms with Gasteiger partial charge in [-0.2, -0.15) is 13.5 Å². The highest BCUT2D eigenvalue weighted by Gasteiger charge is 2.36. The van der Waals surface area contributed by atoms with E-state index in [1.165, 1.54) is 12.3 Å². The van der Waals surface area contributed by atoms with Gasteiger partial charge in [-0.3, -0.25) is 14.2 Å². The summed E-state index contributed by atoms with van der Waals surface area (Å²) in [6, 6.07) is 8.28. The Morgan fingerprint density at radius 1 is 1.33 bits per heavy atom. The molecule has 0 fully saturated rings. The molecule has 1 aliphatic heterocycles. The molecule has 0 saturated carbocycles. The van der Waals surface area contributed by atoms with Crippen LogP contribution in [0.2, 0.25) is 0 Å². The van der Waals surface area contributed by atoms with Crippen molar-refractivity contribution in [3.8, 4) is 0 Å². The Labute approximate surface area is 121 Å². The minimum atomic E-state index is -3.85. The van der Waals surface area contributed by atoms with E-state index in [2.05, 4.69) is 10.2 Å². The molecule has 2 aromatic rings. The molecule has 3 rings (SSSR count). The number of nitrogens with one attached hydrogen (secondary N) is 1. The first-order chi connectivity index (χ1) is 10.00. The summed E-state index contributed by atoms with van der Waals surface area (Å²) in [7, 11) is -3.85. The molecule has 0 bridgehead atoms. The average Bonchev–Trinajstić information content (AvgIpc) is 3.00. The predicted octanol–water partition coefficient (Wildman–Crippen LogP) is 0.862. The van der Waals surface area contributed by atoms with E-state index >= 15 is 0 Å². The maximum atomic E-state index is 12.6. The van der Waals surface area contributed by atoms with Gasteiger partial charge in [-0.15, -0.1) is 0 Å². The van der Waals surface area contributed by atoms with Crippen LogP contribution in [-0.4, -0.2) is 36.2 Å². The zero-order valence-corrected chi connectivity index (χ0v) is 11.7. The average molecular weight is 307 g/mol. The molecule has 1 atom stereocenters. The van der Waals surface area contributed by atoms with Crippen LogP contribution in [0, 0.1) is 5.92 Å². The molecular formula is C13H13N3O4S. The predicted molar refractivity (Wildman–Crippen MR) is 74.4 cm³/mol. The van der Waals surface area contributed by atoms with Crippen LogP contribution in [0.1, 0.15) is 5.56 Å². The molecule has 21 heavy (non-hydrogen) atoms. The zero-order valence-electron chi connectivity index (χ0n) is 10.9. The Morgan fingerprint density at radius 2 is 2.10 bits per heavy atom. The number of carboxylic acids is 1. The van der Waals surface area contributed by atoms with Crippen molar-refractivity contribution in [2.45, 2.75) is 11.4 Å². The fourth-order valence-corrected chi connectivity index (χ4v) is 3.91. The molecule has 8 heteroatoms. The summed E-state index contributed by atoms with van der Waals surface area (Å²) in [4.78, 5) is 11.3. The summed E-state index contributed by atoms with van der Waals surface area (Å²) >= 11 is 0. The van der Waals surface area contributed by atoms with Crippen molar-refractivity contribution in [1.82, 2.24) is 10.2 Å². The number of carboxylic acid groups (broad SMARTS) is 1. The van der Waals surface area contributed by atoms with E-state index in [0.29, 0.717) is 17.7 Å². The second kappa shape index (κ2) is 4.88. The number of H-pyrrole nitrogens is 1. The van der Waals surface area contributed by atoms with Gasteiger partial charge in [-0.1, -0.05) is 18.2 Å².